The fourth-order valence-electron chi connectivity index (χ4n) is 2.85. The lowest BCUT2D eigenvalue weighted by atomic mass is 10.0. The number of ether oxygens (including phenoxy) is 1. The predicted octanol–water partition coefficient (Wildman–Crippen LogP) is 5.87. The van der Waals surface area contributed by atoms with Crippen molar-refractivity contribution in [1.82, 2.24) is 0 Å². The molecule has 0 fully saturated rings. The van der Waals surface area contributed by atoms with Gasteiger partial charge in [0.05, 0.1) is 12.7 Å². The summed E-state index contributed by atoms with van der Waals surface area (Å²) in [6.07, 6.45) is 20.5. The second kappa shape index (κ2) is 18.0. The maximum absolute atomic E-state index is 9.00. The van der Waals surface area contributed by atoms with Crippen LogP contribution in [-0.2, 0) is 4.74 Å². The molecule has 1 unspecified atom stereocenters. The quantitative estimate of drug-likeness (QED) is 0.341. The highest BCUT2D eigenvalue weighted by atomic mass is 16.5. The Morgan fingerprint density at radius 1 is 0.667 bits per heavy atom. The third kappa shape index (κ3) is 16.1. The summed E-state index contributed by atoms with van der Waals surface area (Å²) in [5, 5.41) is 9.00. The van der Waals surface area contributed by atoms with Crippen LogP contribution in [0, 0.1) is 0 Å². The van der Waals surface area contributed by atoms with Gasteiger partial charge in [-0.15, -0.1) is 0 Å². The summed E-state index contributed by atoms with van der Waals surface area (Å²) in [4.78, 5) is 0. The minimum Gasteiger partial charge on any atom is -0.394 e. The number of aliphatic hydroxyl groups excluding tert-OH is 1. The second-order valence-corrected chi connectivity index (χ2v) is 6.43. The topological polar surface area (TPSA) is 29.5 Å². The van der Waals surface area contributed by atoms with E-state index in [2.05, 4.69) is 6.92 Å². The Kier molecular flexibility index (Phi) is 17.9. The Morgan fingerprint density at radius 2 is 1.05 bits per heavy atom. The molecule has 0 heterocycles. The molecule has 0 aliphatic rings. The first-order valence-electron chi connectivity index (χ1n) is 9.48. The summed E-state index contributed by atoms with van der Waals surface area (Å²) in [7, 11) is 1.69. The van der Waals surface area contributed by atoms with E-state index in [0.29, 0.717) is 0 Å². The first-order valence-corrected chi connectivity index (χ1v) is 9.48. The Morgan fingerprint density at radius 3 is 1.38 bits per heavy atom. The molecule has 0 aromatic carbocycles. The molecule has 2 nitrogen and oxygen atoms in total. The molecular weight excluding hydrogens is 260 g/mol. The van der Waals surface area contributed by atoms with Gasteiger partial charge in [0.1, 0.15) is 0 Å². The minimum absolute atomic E-state index is 0.0577. The molecule has 0 bridgehead atoms. The summed E-state index contributed by atoms with van der Waals surface area (Å²) in [5.74, 6) is 0. The third-order valence-electron chi connectivity index (χ3n) is 4.42. The highest BCUT2D eigenvalue weighted by molar-refractivity contribution is 4.56. The van der Waals surface area contributed by atoms with Crippen molar-refractivity contribution in [2.45, 2.75) is 109 Å². The van der Waals surface area contributed by atoms with Crippen molar-refractivity contribution in [1.29, 1.82) is 0 Å². The molecule has 0 aromatic heterocycles. The number of rotatable bonds is 17. The first-order chi connectivity index (χ1) is 10.3. The zero-order valence-corrected chi connectivity index (χ0v) is 14.7. The molecule has 128 valence electrons. The molecule has 0 saturated heterocycles. The van der Waals surface area contributed by atoms with Crippen molar-refractivity contribution in [3.63, 3.8) is 0 Å². The summed E-state index contributed by atoms with van der Waals surface area (Å²) in [6.45, 7) is 2.44. The van der Waals surface area contributed by atoms with Crippen LogP contribution in [0.2, 0.25) is 0 Å². The van der Waals surface area contributed by atoms with E-state index in [-0.39, 0.29) is 12.7 Å². The highest BCUT2D eigenvalue weighted by Gasteiger charge is 2.03. The van der Waals surface area contributed by atoms with Gasteiger partial charge in [0.15, 0.2) is 0 Å². The van der Waals surface area contributed by atoms with E-state index in [4.69, 9.17) is 9.84 Å². The van der Waals surface area contributed by atoms with Crippen LogP contribution in [0.4, 0.5) is 0 Å². The average molecular weight is 301 g/mol. The van der Waals surface area contributed by atoms with E-state index >= 15 is 0 Å². The predicted molar refractivity (Wildman–Crippen MR) is 92.8 cm³/mol. The fourth-order valence-corrected chi connectivity index (χ4v) is 2.85. The van der Waals surface area contributed by atoms with E-state index < -0.39 is 0 Å². The van der Waals surface area contributed by atoms with Gasteiger partial charge in [-0.05, 0) is 6.42 Å². The smallest absolute Gasteiger partial charge is 0.0802 e. The van der Waals surface area contributed by atoms with Crippen molar-refractivity contribution in [2.75, 3.05) is 13.7 Å². The number of unbranched alkanes of at least 4 members (excludes halogenated alkanes) is 13. The Balaban J connectivity index is 3.02. The molecule has 1 N–H and O–H groups in total. The van der Waals surface area contributed by atoms with Crippen LogP contribution in [-0.4, -0.2) is 24.9 Å². The molecule has 0 amide bonds. The number of hydrogen-bond acceptors (Lipinski definition) is 2. The molecule has 0 rings (SSSR count). The normalized spacial score (nSPS) is 12.7. The minimum atomic E-state index is 0.0577. The molecular formula is C19H40O2. The molecule has 21 heavy (non-hydrogen) atoms. The van der Waals surface area contributed by atoms with Gasteiger partial charge in [0.2, 0.25) is 0 Å². The average Bonchev–Trinajstić information content (AvgIpc) is 2.51. The van der Waals surface area contributed by atoms with Crippen LogP contribution in [0.15, 0.2) is 0 Å². The van der Waals surface area contributed by atoms with Gasteiger partial charge >= 0.3 is 0 Å². The van der Waals surface area contributed by atoms with E-state index in [1.54, 1.807) is 7.11 Å². The van der Waals surface area contributed by atoms with Gasteiger partial charge in [0.25, 0.3) is 0 Å². The van der Waals surface area contributed by atoms with Crippen LogP contribution in [0.25, 0.3) is 0 Å². The SMILES string of the molecule is CCCCCCCCCCCCCCCCC(CO)OC. The Labute approximate surface area is 133 Å². The van der Waals surface area contributed by atoms with Gasteiger partial charge in [0, 0.05) is 7.11 Å². The van der Waals surface area contributed by atoms with Crippen LogP contribution in [0.1, 0.15) is 103 Å². The molecule has 0 aliphatic heterocycles. The summed E-state index contributed by atoms with van der Waals surface area (Å²) in [6, 6.07) is 0. The maximum atomic E-state index is 9.00. The van der Waals surface area contributed by atoms with Crippen LogP contribution < -0.4 is 0 Å². The number of hydrogen-bond donors (Lipinski definition) is 1. The lowest BCUT2D eigenvalue weighted by Crippen LogP contribution is -2.14. The van der Waals surface area contributed by atoms with Crippen LogP contribution >= 0.6 is 0 Å². The number of methoxy groups -OCH3 is 1. The van der Waals surface area contributed by atoms with Gasteiger partial charge < -0.3 is 9.84 Å². The van der Waals surface area contributed by atoms with Crippen molar-refractivity contribution in [3.05, 3.63) is 0 Å². The molecule has 1 atom stereocenters. The lowest BCUT2D eigenvalue weighted by Gasteiger charge is -2.11. The van der Waals surface area contributed by atoms with E-state index in [9.17, 15) is 0 Å². The van der Waals surface area contributed by atoms with Crippen molar-refractivity contribution >= 4 is 0 Å². The fraction of sp³-hybridized carbons (Fsp3) is 1.00. The summed E-state index contributed by atoms with van der Waals surface area (Å²) < 4.78 is 5.16. The van der Waals surface area contributed by atoms with Crippen LogP contribution in [0.5, 0.6) is 0 Å². The molecule has 0 saturated carbocycles. The molecule has 0 aliphatic carbocycles. The monoisotopic (exact) mass is 300 g/mol. The molecule has 0 spiro atoms. The van der Waals surface area contributed by atoms with Crippen molar-refractivity contribution in [3.8, 4) is 0 Å². The van der Waals surface area contributed by atoms with Crippen LogP contribution in [0.3, 0.4) is 0 Å². The Hall–Kier alpha value is -0.0800. The zero-order valence-electron chi connectivity index (χ0n) is 14.7. The summed E-state index contributed by atoms with van der Waals surface area (Å²) in [5.41, 5.74) is 0. The second-order valence-electron chi connectivity index (χ2n) is 6.43. The van der Waals surface area contributed by atoms with Gasteiger partial charge in [-0.3, -0.25) is 0 Å². The van der Waals surface area contributed by atoms with Crippen molar-refractivity contribution in [2.24, 2.45) is 0 Å². The van der Waals surface area contributed by atoms with Gasteiger partial charge in [-0.25, -0.2) is 0 Å². The molecule has 0 aromatic rings. The lowest BCUT2D eigenvalue weighted by molar-refractivity contribution is 0.0415. The standard InChI is InChI=1S/C19H40O2/c1-3-4-5-6-7-8-9-10-11-12-13-14-15-16-17-19(18-20)21-2/h19-20H,3-18H2,1-2H3. The molecule has 0 radical (unpaired) electrons. The van der Waals surface area contributed by atoms with Gasteiger partial charge in [-0.1, -0.05) is 96.8 Å². The zero-order chi connectivity index (χ0) is 15.6. The summed E-state index contributed by atoms with van der Waals surface area (Å²) >= 11 is 0. The molecule has 2 heteroatoms. The first kappa shape index (κ1) is 20.9. The van der Waals surface area contributed by atoms with Gasteiger partial charge in [-0.2, -0.15) is 0 Å². The van der Waals surface area contributed by atoms with E-state index in [1.165, 1.54) is 89.9 Å². The maximum Gasteiger partial charge on any atom is 0.0802 e. The number of aliphatic hydroxyl groups is 1. The highest BCUT2D eigenvalue weighted by Crippen LogP contribution is 2.14. The van der Waals surface area contributed by atoms with E-state index in [1.807, 2.05) is 0 Å². The van der Waals surface area contributed by atoms with Crippen molar-refractivity contribution < 1.29 is 9.84 Å². The Bertz CT molecular complexity index is 178. The largest absolute Gasteiger partial charge is 0.394 e. The van der Waals surface area contributed by atoms with E-state index in [0.717, 1.165) is 6.42 Å². The third-order valence-corrected chi connectivity index (χ3v) is 4.42.